The monoisotopic (exact) mass is 472 g/mol. The summed E-state index contributed by atoms with van der Waals surface area (Å²) in [7, 11) is 0. The molecule has 3 aromatic rings. The van der Waals surface area contributed by atoms with Crippen LogP contribution < -0.4 is 11.2 Å². The highest BCUT2D eigenvalue weighted by molar-refractivity contribution is 5.91. The molecule has 4 atom stereocenters. The van der Waals surface area contributed by atoms with E-state index in [-0.39, 0.29) is 11.1 Å². The van der Waals surface area contributed by atoms with Gasteiger partial charge in [0.2, 0.25) is 12.1 Å². The van der Waals surface area contributed by atoms with Gasteiger partial charge in [-0.1, -0.05) is 36.4 Å². The van der Waals surface area contributed by atoms with Gasteiger partial charge in [0.1, 0.15) is 0 Å². The van der Waals surface area contributed by atoms with Gasteiger partial charge in [-0.15, -0.1) is 0 Å². The Bertz CT molecular complexity index is 1340. The van der Waals surface area contributed by atoms with Gasteiger partial charge in [0, 0.05) is 0 Å². The van der Waals surface area contributed by atoms with Crippen molar-refractivity contribution in [1.29, 1.82) is 0 Å². The molecule has 9 nitrogen and oxygen atoms in total. The zero-order valence-electron chi connectivity index (χ0n) is 17.6. The molecule has 0 radical (unpaired) electrons. The van der Waals surface area contributed by atoms with E-state index in [1.807, 2.05) is 0 Å². The van der Waals surface area contributed by atoms with Gasteiger partial charge in [0.05, 0.1) is 17.3 Å². The molecule has 0 aliphatic carbocycles. The van der Waals surface area contributed by atoms with E-state index in [1.54, 1.807) is 48.3 Å². The number of carbonyl (C=O) groups excluding carboxylic acids is 2. The molecule has 4 rings (SSSR count). The predicted octanol–water partition coefficient (Wildman–Crippen LogP) is 2.26. The van der Waals surface area contributed by atoms with Crippen LogP contribution in [0.15, 0.2) is 70.4 Å². The molecule has 1 fully saturated rings. The zero-order chi connectivity index (χ0) is 24.4. The number of ether oxygens (including phenoxy) is 3. The maximum absolute atomic E-state index is 15.4. The number of hydrogen-bond donors (Lipinski definition) is 1. The minimum absolute atomic E-state index is 0.0920. The second kappa shape index (κ2) is 9.40. The molecular weight excluding hydrogens is 454 g/mol. The van der Waals surface area contributed by atoms with E-state index in [9.17, 15) is 23.6 Å². The van der Waals surface area contributed by atoms with Crippen molar-refractivity contribution in [2.45, 2.75) is 31.7 Å². The van der Waals surface area contributed by atoms with E-state index in [0.717, 1.165) is 0 Å². The van der Waals surface area contributed by atoms with Crippen molar-refractivity contribution in [3.63, 3.8) is 0 Å². The van der Waals surface area contributed by atoms with Gasteiger partial charge in [0.25, 0.3) is 5.56 Å². The van der Waals surface area contributed by atoms with Crippen LogP contribution in [0.4, 0.5) is 8.78 Å². The van der Waals surface area contributed by atoms with Crippen molar-refractivity contribution in [3.8, 4) is 0 Å². The van der Waals surface area contributed by atoms with Gasteiger partial charge in [-0.05, 0) is 30.7 Å². The van der Waals surface area contributed by atoms with Crippen LogP contribution in [0.3, 0.4) is 0 Å². The van der Waals surface area contributed by atoms with Gasteiger partial charge in [-0.3, -0.25) is 14.3 Å². The number of aromatic nitrogens is 2. The zero-order valence-corrected chi connectivity index (χ0v) is 17.6. The van der Waals surface area contributed by atoms with E-state index >= 15 is 4.39 Å². The van der Waals surface area contributed by atoms with Crippen LogP contribution in [0.2, 0.25) is 0 Å². The van der Waals surface area contributed by atoms with Crippen LogP contribution in [0.25, 0.3) is 0 Å². The lowest BCUT2D eigenvalue weighted by molar-refractivity contribution is -0.149. The van der Waals surface area contributed by atoms with Crippen LogP contribution in [-0.4, -0.2) is 40.1 Å². The number of rotatable bonds is 5. The van der Waals surface area contributed by atoms with Gasteiger partial charge in [-0.25, -0.2) is 18.8 Å². The summed E-state index contributed by atoms with van der Waals surface area (Å²) in [5, 5.41) is 0. The third-order valence-corrected chi connectivity index (χ3v) is 5.17. The summed E-state index contributed by atoms with van der Waals surface area (Å²) < 4.78 is 45.6. The van der Waals surface area contributed by atoms with Crippen molar-refractivity contribution in [3.05, 3.63) is 104 Å². The first-order valence-corrected chi connectivity index (χ1v) is 10.1. The third kappa shape index (κ3) is 4.50. The second-order valence-corrected chi connectivity index (χ2v) is 7.44. The SMILES string of the molecule is Cc1ccccc1C(=O)O[C@H]1O[C@@H](n2cc(F)c(=O)[nH]c2=O)[C@@H](F)[C@@H]1OC(=O)c1ccccc1. The molecule has 1 N–H and O–H groups in total. The fourth-order valence-electron chi connectivity index (χ4n) is 3.42. The fraction of sp³-hybridized carbons (Fsp3) is 0.217. The van der Waals surface area contributed by atoms with Gasteiger partial charge < -0.3 is 14.2 Å². The fourth-order valence-corrected chi connectivity index (χ4v) is 3.42. The molecule has 0 spiro atoms. The molecule has 1 aliphatic heterocycles. The molecule has 176 valence electrons. The molecule has 11 heteroatoms. The Hall–Kier alpha value is -4.12. The molecule has 2 heterocycles. The first-order valence-electron chi connectivity index (χ1n) is 10.1. The number of nitrogens with zero attached hydrogens (tertiary/aromatic N) is 1. The Balaban J connectivity index is 1.66. The van der Waals surface area contributed by atoms with E-state index < -0.39 is 53.8 Å². The van der Waals surface area contributed by atoms with Crippen LogP contribution >= 0.6 is 0 Å². The molecule has 1 saturated heterocycles. The molecular formula is C23H18F2N2O7. The first-order chi connectivity index (χ1) is 16.3. The molecule has 2 aromatic carbocycles. The number of hydrogen-bond acceptors (Lipinski definition) is 7. The summed E-state index contributed by atoms with van der Waals surface area (Å²) in [6, 6.07) is 14.1. The van der Waals surface area contributed by atoms with E-state index in [0.29, 0.717) is 16.3 Å². The summed E-state index contributed by atoms with van der Waals surface area (Å²) in [6.07, 6.45) is -7.23. The number of benzene rings is 2. The number of aromatic amines is 1. The number of halogens is 2. The summed E-state index contributed by atoms with van der Waals surface area (Å²) in [5.41, 5.74) is -1.65. The first kappa shape index (κ1) is 23.1. The molecule has 1 aromatic heterocycles. The normalized spacial score (nSPS) is 21.7. The van der Waals surface area contributed by atoms with Crippen molar-refractivity contribution in [2.24, 2.45) is 0 Å². The standard InChI is InChI=1S/C23H18F2N2O7/c1-12-7-5-6-10-14(12)21(30)34-22-17(32-20(29)13-8-3-2-4-9-13)16(25)19(33-22)27-11-15(24)18(28)26-23(27)31/h2-11,16-17,19,22H,1H3,(H,26,28,31)/t16-,17-,19+,22+/m0/s1. The number of carbonyl (C=O) groups is 2. The third-order valence-electron chi connectivity index (χ3n) is 5.17. The lowest BCUT2D eigenvalue weighted by Gasteiger charge is -2.20. The molecule has 0 bridgehead atoms. The van der Waals surface area contributed by atoms with Gasteiger partial charge >= 0.3 is 17.6 Å². The molecule has 1 aliphatic rings. The Morgan fingerprint density at radius 2 is 1.68 bits per heavy atom. The molecule has 0 saturated carbocycles. The smallest absolute Gasteiger partial charge is 0.340 e. The van der Waals surface area contributed by atoms with Crippen molar-refractivity contribution in [1.82, 2.24) is 9.55 Å². The Morgan fingerprint density at radius 3 is 2.38 bits per heavy atom. The average Bonchev–Trinajstić information content (AvgIpc) is 3.11. The molecule has 0 unspecified atom stereocenters. The van der Waals surface area contributed by atoms with E-state index in [4.69, 9.17) is 14.2 Å². The summed E-state index contributed by atoms with van der Waals surface area (Å²) in [5.74, 6) is -3.19. The van der Waals surface area contributed by atoms with Gasteiger partial charge in [0.15, 0.2) is 18.5 Å². The minimum Gasteiger partial charge on any atom is -0.449 e. The van der Waals surface area contributed by atoms with Crippen molar-refractivity contribution in [2.75, 3.05) is 0 Å². The highest BCUT2D eigenvalue weighted by Gasteiger charge is 2.51. The summed E-state index contributed by atoms with van der Waals surface area (Å²) in [4.78, 5) is 50.4. The van der Waals surface area contributed by atoms with Crippen LogP contribution in [0.5, 0.6) is 0 Å². The predicted molar refractivity (Wildman–Crippen MR) is 112 cm³/mol. The quantitative estimate of drug-likeness (QED) is 0.566. The summed E-state index contributed by atoms with van der Waals surface area (Å²) >= 11 is 0. The van der Waals surface area contributed by atoms with Crippen molar-refractivity contribution < 1.29 is 32.6 Å². The lowest BCUT2D eigenvalue weighted by Crippen LogP contribution is -2.39. The maximum atomic E-state index is 15.4. The topological polar surface area (TPSA) is 117 Å². The summed E-state index contributed by atoms with van der Waals surface area (Å²) in [6.45, 7) is 1.66. The Labute approximate surface area is 190 Å². The highest BCUT2D eigenvalue weighted by atomic mass is 19.1. The second-order valence-electron chi connectivity index (χ2n) is 7.44. The lowest BCUT2D eigenvalue weighted by atomic mass is 10.1. The van der Waals surface area contributed by atoms with E-state index in [2.05, 4.69) is 0 Å². The van der Waals surface area contributed by atoms with Crippen molar-refractivity contribution >= 4 is 11.9 Å². The Kier molecular flexibility index (Phi) is 6.37. The van der Waals surface area contributed by atoms with Crippen LogP contribution in [0.1, 0.15) is 32.5 Å². The number of esters is 2. The maximum Gasteiger partial charge on any atom is 0.340 e. The molecule has 0 amide bonds. The number of aryl methyl sites for hydroxylation is 1. The largest absolute Gasteiger partial charge is 0.449 e. The number of H-pyrrole nitrogens is 1. The molecule has 34 heavy (non-hydrogen) atoms. The van der Waals surface area contributed by atoms with Crippen LogP contribution in [-0.2, 0) is 14.2 Å². The number of alkyl halides is 1. The average molecular weight is 472 g/mol. The minimum atomic E-state index is -2.26. The van der Waals surface area contributed by atoms with Gasteiger partial charge in [-0.2, -0.15) is 4.39 Å². The highest BCUT2D eigenvalue weighted by Crippen LogP contribution is 2.34. The Morgan fingerprint density at radius 1 is 1.00 bits per heavy atom. The number of nitrogens with one attached hydrogen (secondary N) is 1. The van der Waals surface area contributed by atoms with Crippen LogP contribution in [0, 0.1) is 12.7 Å². The van der Waals surface area contributed by atoms with E-state index in [1.165, 1.54) is 18.2 Å².